The van der Waals surface area contributed by atoms with Crippen molar-refractivity contribution >= 4 is 23.1 Å². The molecule has 29 heavy (non-hydrogen) atoms. The minimum atomic E-state index is -2.77. The van der Waals surface area contributed by atoms with Crippen LogP contribution in [0.4, 0.5) is 26.0 Å². The van der Waals surface area contributed by atoms with E-state index in [1.165, 1.54) is 23.7 Å². The Morgan fingerprint density at radius 2 is 1.93 bits per heavy atom. The van der Waals surface area contributed by atoms with Gasteiger partial charge in [0, 0.05) is 12.1 Å². The lowest BCUT2D eigenvalue weighted by Crippen LogP contribution is -2.25. The van der Waals surface area contributed by atoms with Gasteiger partial charge in [-0.3, -0.25) is 14.9 Å². The molecule has 0 radical (unpaired) electrons. The first-order valence-corrected chi connectivity index (χ1v) is 8.27. The van der Waals surface area contributed by atoms with E-state index in [4.69, 9.17) is 4.74 Å². The van der Waals surface area contributed by atoms with Gasteiger partial charge >= 0.3 is 5.82 Å². The largest absolute Gasteiger partial charge is 0.487 e. The summed E-state index contributed by atoms with van der Waals surface area (Å²) in [6.45, 7) is 2.20. The Hall–Kier alpha value is -3.64. The summed E-state index contributed by atoms with van der Waals surface area (Å²) in [5, 5.41) is 28.0. The number of carbonyl (C=O) groups excluding carboxylic acids is 1. The molecule has 1 amide bonds. The quantitative estimate of drug-likeness (QED) is 0.492. The normalized spacial score (nSPS) is 11.9. The minimum Gasteiger partial charge on any atom is -0.487 e. The lowest BCUT2D eigenvalue weighted by Gasteiger charge is -2.13. The fourth-order valence-corrected chi connectivity index (χ4v) is 2.38. The molecule has 1 heterocycles. The van der Waals surface area contributed by atoms with Crippen molar-refractivity contribution in [1.82, 2.24) is 9.78 Å². The highest BCUT2D eigenvalue weighted by Gasteiger charge is 2.22. The van der Waals surface area contributed by atoms with Crippen molar-refractivity contribution in [3.63, 3.8) is 0 Å². The van der Waals surface area contributed by atoms with Gasteiger partial charge in [0.05, 0.1) is 46.0 Å². The van der Waals surface area contributed by atoms with Crippen molar-refractivity contribution < 1.29 is 28.2 Å². The van der Waals surface area contributed by atoms with E-state index in [0.717, 1.165) is 12.1 Å². The molecule has 11 nitrogen and oxygen atoms in total. The van der Waals surface area contributed by atoms with Crippen LogP contribution in [0.5, 0.6) is 5.75 Å². The molecule has 1 unspecified atom stereocenters. The highest BCUT2D eigenvalue weighted by molar-refractivity contribution is 5.92. The van der Waals surface area contributed by atoms with E-state index >= 15 is 0 Å². The predicted octanol–water partition coefficient (Wildman–Crippen LogP) is 2.93. The number of anilines is 1. The van der Waals surface area contributed by atoms with E-state index in [9.17, 15) is 33.8 Å². The molecule has 0 bridgehead atoms. The van der Waals surface area contributed by atoms with Crippen molar-refractivity contribution in [2.45, 2.75) is 26.8 Å². The SMILES string of the molecule is Cc1cc([N+](=O)[O-])nn1CC(C)C(=O)Nc1cc(OCC(F)F)cc([N+](=O)[O-])c1. The molecule has 156 valence electrons. The maximum Gasteiger partial charge on any atom is 0.390 e. The van der Waals surface area contributed by atoms with Gasteiger partial charge < -0.3 is 20.2 Å². The second kappa shape index (κ2) is 9.03. The van der Waals surface area contributed by atoms with Gasteiger partial charge in [0.15, 0.2) is 0 Å². The first kappa shape index (κ1) is 21.7. The Kier molecular flexibility index (Phi) is 6.75. The molecule has 1 aromatic carbocycles. The molecule has 0 fully saturated rings. The number of ether oxygens (including phenoxy) is 1. The Morgan fingerprint density at radius 1 is 1.24 bits per heavy atom. The number of nitro benzene ring substituents is 1. The van der Waals surface area contributed by atoms with Gasteiger partial charge in [-0.05, 0) is 11.8 Å². The van der Waals surface area contributed by atoms with E-state index in [1.807, 2.05) is 0 Å². The summed E-state index contributed by atoms with van der Waals surface area (Å²) >= 11 is 0. The van der Waals surface area contributed by atoms with Gasteiger partial charge in [0.25, 0.3) is 12.1 Å². The zero-order valence-corrected chi connectivity index (χ0v) is 15.4. The smallest absolute Gasteiger partial charge is 0.390 e. The number of alkyl halides is 2. The van der Waals surface area contributed by atoms with Crippen LogP contribution in [0, 0.1) is 33.1 Å². The summed E-state index contributed by atoms with van der Waals surface area (Å²) in [5.74, 6) is -1.81. The molecule has 0 saturated heterocycles. The van der Waals surface area contributed by atoms with Gasteiger partial charge in [-0.1, -0.05) is 6.92 Å². The van der Waals surface area contributed by atoms with Crippen LogP contribution in [0.15, 0.2) is 24.3 Å². The number of halogens is 2. The van der Waals surface area contributed by atoms with Crippen LogP contribution in [0.1, 0.15) is 12.6 Å². The first-order chi connectivity index (χ1) is 13.6. The molecule has 0 aliphatic rings. The van der Waals surface area contributed by atoms with Gasteiger partial charge in [-0.15, -0.1) is 0 Å². The number of carbonyl (C=O) groups is 1. The molecule has 13 heteroatoms. The van der Waals surface area contributed by atoms with Crippen LogP contribution >= 0.6 is 0 Å². The Morgan fingerprint density at radius 3 is 2.48 bits per heavy atom. The first-order valence-electron chi connectivity index (χ1n) is 8.27. The van der Waals surface area contributed by atoms with Crippen molar-refractivity contribution in [2.24, 2.45) is 5.92 Å². The van der Waals surface area contributed by atoms with Crippen molar-refractivity contribution in [2.75, 3.05) is 11.9 Å². The summed E-state index contributed by atoms with van der Waals surface area (Å²) in [7, 11) is 0. The number of non-ortho nitro benzene ring substituents is 1. The third-order valence-electron chi connectivity index (χ3n) is 3.80. The van der Waals surface area contributed by atoms with Crippen LogP contribution < -0.4 is 10.1 Å². The van der Waals surface area contributed by atoms with Gasteiger partial charge in [-0.2, -0.15) is 4.68 Å². The highest BCUT2D eigenvalue weighted by atomic mass is 19.3. The number of nitrogens with zero attached hydrogens (tertiary/aromatic N) is 4. The molecule has 0 spiro atoms. The minimum absolute atomic E-state index is 0.0107. The number of nitrogens with one attached hydrogen (secondary N) is 1. The third-order valence-corrected chi connectivity index (χ3v) is 3.80. The number of hydrogen-bond acceptors (Lipinski definition) is 7. The van der Waals surface area contributed by atoms with Crippen molar-refractivity contribution in [3.8, 4) is 5.75 Å². The summed E-state index contributed by atoms with van der Waals surface area (Å²) in [4.78, 5) is 32.8. The number of aryl methyl sites for hydroxylation is 1. The fraction of sp³-hybridized carbons (Fsp3) is 0.375. The van der Waals surface area contributed by atoms with Crippen molar-refractivity contribution in [3.05, 3.63) is 50.2 Å². The summed E-state index contributed by atoms with van der Waals surface area (Å²) in [6.07, 6.45) is -2.77. The summed E-state index contributed by atoms with van der Waals surface area (Å²) in [5.41, 5.74) is 0.0242. The Labute approximate surface area is 162 Å². The van der Waals surface area contributed by atoms with E-state index in [1.54, 1.807) is 6.92 Å². The number of nitro groups is 2. The van der Waals surface area contributed by atoms with Crippen LogP contribution in [0.25, 0.3) is 0 Å². The zero-order chi connectivity index (χ0) is 21.7. The van der Waals surface area contributed by atoms with E-state index in [2.05, 4.69) is 10.4 Å². The van der Waals surface area contributed by atoms with Crippen molar-refractivity contribution in [1.29, 1.82) is 0 Å². The van der Waals surface area contributed by atoms with Crippen LogP contribution in [0.2, 0.25) is 0 Å². The number of aromatic nitrogens is 2. The Bertz CT molecular complexity index is 933. The predicted molar refractivity (Wildman–Crippen MR) is 96.0 cm³/mol. The molecule has 0 aliphatic carbocycles. The molecule has 2 rings (SSSR count). The number of hydrogen-bond donors (Lipinski definition) is 1. The molecule has 1 atom stereocenters. The third kappa shape index (κ3) is 5.92. The van der Waals surface area contributed by atoms with Gasteiger partial charge in [-0.25, -0.2) is 8.78 Å². The second-order valence-corrected chi connectivity index (χ2v) is 6.15. The van der Waals surface area contributed by atoms with Gasteiger partial charge in [0.1, 0.15) is 12.4 Å². The maximum absolute atomic E-state index is 12.4. The van der Waals surface area contributed by atoms with Crippen LogP contribution in [-0.2, 0) is 11.3 Å². The van der Waals surface area contributed by atoms with Crippen LogP contribution in [-0.4, -0.2) is 38.6 Å². The van der Waals surface area contributed by atoms with E-state index in [-0.39, 0.29) is 23.8 Å². The average molecular weight is 413 g/mol. The molecular weight excluding hydrogens is 396 g/mol. The Balaban J connectivity index is 2.13. The van der Waals surface area contributed by atoms with E-state index < -0.39 is 40.4 Å². The summed E-state index contributed by atoms with van der Waals surface area (Å²) < 4.78 is 30.7. The fourth-order valence-electron chi connectivity index (χ4n) is 2.38. The molecule has 1 aromatic heterocycles. The molecular formula is C16H17F2N5O6. The van der Waals surface area contributed by atoms with Crippen LogP contribution in [0.3, 0.4) is 0 Å². The number of rotatable bonds is 9. The maximum atomic E-state index is 12.4. The van der Waals surface area contributed by atoms with E-state index in [0.29, 0.717) is 5.69 Å². The molecule has 1 N–H and O–H groups in total. The lowest BCUT2D eigenvalue weighted by atomic mass is 10.1. The monoisotopic (exact) mass is 413 g/mol. The second-order valence-electron chi connectivity index (χ2n) is 6.15. The number of amides is 1. The molecule has 2 aromatic rings. The molecule has 0 saturated carbocycles. The average Bonchev–Trinajstić information content (AvgIpc) is 3.00. The van der Waals surface area contributed by atoms with Gasteiger partial charge in [0.2, 0.25) is 5.91 Å². The lowest BCUT2D eigenvalue weighted by molar-refractivity contribution is -0.389. The summed E-state index contributed by atoms with van der Waals surface area (Å²) in [6, 6.07) is 4.47. The topological polar surface area (TPSA) is 142 Å². The zero-order valence-electron chi connectivity index (χ0n) is 15.4. The highest BCUT2D eigenvalue weighted by Crippen LogP contribution is 2.27. The number of benzene rings is 1. The molecule has 0 aliphatic heterocycles. The standard InChI is InChI=1S/C16H17F2N5O6/c1-9(7-21-10(2)3-15(20-21)23(27)28)16(24)19-11-4-12(22(25)26)6-13(5-11)29-8-14(17)18/h3-6,9,14H,7-8H2,1-2H3,(H,19,24).